The number of ether oxygens (including phenoxy) is 9. The third-order valence-corrected chi connectivity index (χ3v) is 30.5. The zero-order chi connectivity index (χ0) is 101. The maximum absolute atomic E-state index is 14.0. The first kappa shape index (κ1) is 124. The summed E-state index contributed by atoms with van der Waals surface area (Å²) in [5.41, 5.74) is -1.59. The standard InChI is InChI=1S/C101H175N9O24S4/c1-68-64-127-98(90(107-72(5)111)94(68)130-77(10)116)135-60-40-20-36-56-103-86(122)50-30-14-24-44-81(45-25-15-31-51-87(123)104-57-37-21-41-61-136-99-91(108-73(6)112)95(131-78(11)117)69(2)65-128-99)83(120)48-28-18-34-54-102-55-35-19-29-49-84(121)82(46-26-16-32-52-88(124)105-58-38-22-42-62-137-100-92(109-74(7)113)96(132-79(12)118)70(3)66-129-100)47-27-17-33-53-89(125)106-59-39-23-43-63-138-101-93(110-75(8)114)97(133-80(13)119)71(4)85(134-101)67-126-76(9)115/h68-71,81-82,85,90-102H,14-67H2,1-13H3,(H,103,122)(H,104,123)(H,105,124)(H,106,125)(H,107,111)(H,108,112)(H,109,113)(H,110,114)/t68-,69-,70-,71-,81?,82?,85?,90?,91?,92?,93?,94-,95-,96-,97-,98-,99-,100-,101-/m0/s1. The molecule has 138 heavy (non-hydrogen) atoms. The number of carbonyl (C=O) groups is 15. The predicted molar refractivity (Wildman–Crippen MR) is 540 cm³/mol. The monoisotopic (exact) mass is 2030 g/mol. The Morgan fingerprint density at radius 1 is 0.290 bits per heavy atom. The molecule has 0 aliphatic carbocycles. The molecule has 8 amide bonds. The Kier molecular flexibility index (Phi) is 66.9. The van der Waals surface area contributed by atoms with Crippen molar-refractivity contribution >= 4 is 136 Å². The fraction of sp³-hybridized carbons (Fsp3) is 0.851. The average Bonchev–Trinajstić information content (AvgIpc) is 0.794. The third kappa shape index (κ3) is 56.1. The molecule has 0 bridgehead atoms. The van der Waals surface area contributed by atoms with Gasteiger partial charge in [-0.25, -0.2) is 0 Å². The van der Waals surface area contributed by atoms with E-state index >= 15 is 0 Å². The summed E-state index contributed by atoms with van der Waals surface area (Å²) in [6.45, 7) is 25.3. The number of nitrogens with one attached hydrogen (secondary N) is 9. The molecule has 4 rings (SSSR count). The van der Waals surface area contributed by atoms with E-state index in [1.54, 1.807) is 35.3 Å². The summed E-state index contributed by atoms with van der Waals surface area (Å²) >= 11 is 6.28. The maximum atomic E-state index is 14.0. The average molecular weight is 2030 g/mol. The van der Waals surface area contributed by atoms with Gasteiger partial charge in [-0.1, -0.05) is 118 Å². The smallest absolute Gasteiger partial charge is 0.302 e. The molecule has 792 valence electrons. The van der Waals surface area contributed by atoms with Crippen LogP contribution < -0.4 is 47.9 Å². The number of ketones is 2. The largest absolute Gasteiger partial charge is 0.463 e. The van der Waals surface area contributed by atoms with Gasteiger partial charge in [0.2, 0.25) is 47.3 Å². The second-order valence-corrected chi connectivity index (χ2v) is 43.0. The lowest BCUT2D eigenvalue weighted by atomic mass is 9.88. The van der Waals surface area contributed by atoms with E-state index in [4.69, 9.17) is 42.6 Å². The number of carbonyl (C=O) groups excluding carboxylic acids is 15. The van der Waals surface area contributed by atoms with E-state index in [1.807, 2.05) is 27.7 Å². The van der Waals surface area contributed by atoms with Crippen LogP contribution in [0.5, 0.6) is 0 Å². The molecule has 18 atom stereocenters. The van der Waals surface area contributed by atoms with Crippen LogP contribution in [0.25, 0.3) is 0 Å². The topological polar surface area (TPSA) is 447 Å². The van der Waals surface area contributed by atoms with Gasteiger partial charge in [-0.3, -0.25) is 71.9 Å². The number of amides is 8. The van der Waals surface area contributed by atoms with Crippen LogP contribution in [0.15, 0.2) is 0 Å². The van der Waals surface area contributed by atoms with Crippen molar-refractivity contribution in [3.63, 3.8) is 0 Å². The minimum absolute atomic E-state index is 0.0106. The minimum Gasteiger partial charge on any atom is -0.463 e. The van der Waals surface area contributed by atoms with Crippen molar-refractivity contribution in [2.75, 3.05) is 88.7 Å². The van der Waals surface area contributed by atoms with Crippen LogP contribution >= 0.6 is 47.0 Å². The Morgan fingerprint density at radius 3 is 0.826 bits per heavy atom. The summed E-state index contributed by atoms with van der Waals surface area (Å²) in [6.07, 6.45) is 28.0. The minimum atomic E-state index is -0.689. The predicted octanol–water partition coefficient (Wildman–Crippen LogP) is 13.6. The lowest BCUT2D eigenvalue weighted by Gasteiger charge is -2.44. The molecular formula is C101H175N9O24S4. The molecule has 4 fully saturated rings. The summed E-state index contributed by atoms with van der Waals surface area (Å²) < 4.78 is 52.4. The molecule has 0 aromatic heterocycles. The fourth-order valence-electron chi connectivity index (χ4n) is 18.0. The van der Waals surface area contributed by atoms with Gasteiger partial charge in [0.15, 0.2) is 0 Å². The molecule has 4 saturated heterocycles. The van der Waals surface area contributed by atoms with Crippen molar-refractivity contribution in [2.45, 2.75) is 423 Å². The molecule has 6 unspecified atom stereocenters. The number of hydrogen-bond acceptors (Lipinski definition) is 29. The number of unbranched alkanes of at least 4 members (excludes halogenated alkanes) is 20. The molecule has 9 N–H and O–H groups in total. The van der Waals surface area contributed by atoms with E-state index in [0.717, 1.165) is 242 Å². The Bertz CT molecular complexity index is 3490. The number of thioether (sulfide) groups is 4. The van der Waals surface area contributed by atoms with Crippen molar-refractivity contribution in [2.24, 2.45) is 35.5 Å². The molecule has 33 nitrogen and oxygen atoms in total. The van der Waals surface area contributed by atoms with Gasteiger partial charge in [-0.05, 0) is 165 Å². The second-order valence-electron chi connectivity index (χ2n) is 38.2. The molecular weight excluding hydrogens is 1850 g/mol. The first-order valence-corrected chi connectivity index (χ1v) is 56.0. The van der Waals surface area contributed by atoms with Crippen LogP contribution in [0.2, 0.25) is 0 Å². The summed E-state index contributed by atoms with van der Waals surface area (Å²) in [6, 6.07) is -1.97. The van der Waals surface area contributed by atoms with E-state index in [1.165, 1.54) is 74.1 Å². The van der Waals surface area contributed by atoms with Crippen LogP contribution in [0.3, 0.4) is 0 Å². The van der Waals surface area contributed by atoms with Crippen molar-refractivity contribution in [1.29, 1.82) is 0 Å². The van der Waals surface area contributed by atoms with E-state index in [-0.39, 0.29) is 117 Å². The van der Waals surface area contributed by atoms with Gasteiger partial charge in [0.05, 0.1) is 25.9 Å². The summed E-state index contributed by atoms with van der Waals surface area (Å²) in [5.74, 6) is -0.210. The first-order valence-electron chi connectivity index (χ1n) is 51.8. The third-order valence-electron chi connectivity index (χ3n) is 25.4. The van der Waals surface area contributed by atoms with E-state index in [0.29, 0.717) is 96.7 Å². The van der Waals surface area contributed by atoms with Crippen LogP contribution in [0, 0.1) is 35.5 Å². The quantitative estimate of drug-likeness (QED) is 0.0155. The molecule has 0 aromatic carbocycles. The molecule has 0 spiro atoms. The number of rotatable bonds is 76. The van der Waals surface area contributed by atoms with Crippen molar-refractivity contribution in [3.8, 4) is 0 Å². The van der Waals surface area contributed by atoms with Crippen LogP contribution in [-0.4, -0.2) is 254 Å². The zero-order valence-corrected chi connectivity index (χ0v) is 88.9. The molecule has 0 aromatic rings. The van der Waals surface area contributed by atoms with Gasteiger partial charge in [0.1, 0.15) is 88.5 Å². The van der Waals surface area contributed by atoms with Crippen LogP contribution in [0.4, 0.5) is 0 Å². The lowest BCUT2D eigenvalue weighted by Crippen LogP contribution is -2.61. The highest BCUT2D eigenvalue weighted by Gasteiger charge is 2.48. The van der Waals surface area contributed by atoms with Gasteiger partial charge in [0, 0.05) is 163 Å². The number of Topliss-reactive ketones (excluding diaryl/α,β-unsaturated/α-hetero) is 2. The number of hydrogen-bond donors (Lipinski definition) is 9. The van der Waals surface area contributed by atoms with Crippen LogP contribution in [-0.2, 0) is 115 Å². The zero-order valence-electron chi connectivity index (χ0n) is 85.6. The maximum Gasteiger partial charge on any atom is 0.302 e. The van der Waals surface area contributed by atoms with Gasteiger partial charge < -0.3 is 90.5 Å². The second kappa shape index (κ2) is 74.5. The Morgan fingerprint density at radius 2 is 0.543 bits per heavy atom. The Labute approximate surface area is 840 Å². The van der Waals surface area contributed by atoms with Crippen molar-refractivity contribution < 1.29 is 115 Å². The van der Waals surface area contributed by atoms with Gasteiger partial charge >= 0.3 is 29.8 Å². The summed E-state index contributed by atoms with van der Waals surface area (Å²) in [7, 11) is 0. The normalized spacial score (nSPS) is 23.4. The van der Waals surface area contributed by atoms with Gasteiger partial charge in [-0.15, -0.1) is 47.0 Å². The number of esters is 5. The molecule has 4 aliphatic rings. The highest BCUT2D eigenvalue weighted by atomic mass is 32.2. The van der Waals surface area contributed by atoms with Crippen molar-refractivity contribution in [1.82, 2.24) is 47.9 Å². The first-order chi connectivity index (χ1) is 66.1. The van der Waals surface area contributed by atoms with E-state index < -0.39 is 90.0 Å². The Balaban J connectivity index is 1.20. The molecule has 4 heterocycles. The van der Waals surface area contributed by atoms with E-state index in [2.05, 4.69) is 47.9 Å². The van der Waals surface area contributed by atoms with Crippen molar-refractivity contribution in [3.05, 3.63) is 0 Å². The summed E-state index contributed by atoms with van der Waals surface area (Å²) in [4.78, 5) is 188. The van der Waals surface area contributed by atoms with Gasteiger partial charge in [0.25, 0.3) is 0 Å². The molecule has 37 heteroatoms. The van der Waals surface area contributed by atoms with Gasteiger partial charge in [-0.2, -0.15) is 0 Å². The highest BCUT2D eigenvalue weighted by Crippen LogP contribution is 2.38. The van der Waals surface area contributed by atoms with Crippen LogP contribution in [0.1, 0.15) is 347 Å². The molecule has 0 saturated carbocycles. The lowest BCUT2D eigenvalue weighted by molar-refractivity contribution is -0.180. The SMILES string of the molecule is CC(=O)NC1[C@@H](OC(C)=O)[C@@H](C)CO[C@H]1SCCCCCNC(=O)CCCCCC(CCCCCC(=O)NCCCCCS[C@@H]1OC[C@H](C)[C@H](OC(C)=O)C1NC(C)=O)C(=O)CCCCCNCCCCCC(=O)C(CCCCCC(=O)NCCCCCS[C@@H]1OC[C@H](C)[C@H](OC(C)=O)C1NC(C)=O)CCCCCC(=O)NCCCCCS[C@@H]1OC(COC(C)=O)[C@H](C)[C@H](OC(C)=O)C1NC(C)=O. The van der Waals surface area contributed by atoms with E-state index in [9.17, 15) is 71.9 Å². The highest BCUT2D eigenvalue weighted by molar-refractivity contribution is 8.00. The Hall–Kier alpha value is -6.35. The fourth-order valence-corrected chi connectivity index (χ4v) is 22.9. The summed E-state index contributed by atoms with van der Waals surface area (Å²) in [5, 5.41) is 27.6. The molecule has 4 aliphatic heterocycles. The molecule has 0 radical (unpaired) electrons.